The van der Waals surface area contributed by atoms with Gasteiger partial charge in [0.2, 0.25) is 0 Å². The highest BCUT2D eigenvalue weighted by Gasteiger charge is 2.01. The number of amides is 1. The molecule has 0 heterocycles. The molecule has 0 bridgehead atoms. The third-order valence-electron chi connectivity index (χ3n) is 2.64. The first-order chi connectivity index (χ1) is 10.1. The molecule has 0 spiro atoms. The second-order valence-electron chi connectivity index (χ2n) is 4.45. The Balaban J connectivity index is 1.78. The number of nitrogens with zero attached hydrogens (tertiary/aromatic N) is 1. The monoisotopic (exact) mass is 394 g/mol. The van der Waals surface area contributed by atoms with Gasteiger partial charge in [-0.25, -0.2) is 5.43 Å². The molecule has 0 aliphatic heterocycles. The van der Waals surface area contributed by atoms with E-state index in [0.29, 0.717) is 5.75 Å². The molecule has 5 heteroatoms. The number of aryl methyl sites for hydroxylation is 1. The largest absolute Gasteiger partial charge is 0.484 e. The van der Waals surface area contributed by atoms with Gasteiger partial charge in [-0.3, -0.25) is 4.79 Å². The molecule has 0 aromatic heterocycles. The summed E-state index contributed by atoms with van der Waals surface area (Å²) in [5, 5.41) is 3.90. The van der Waals surface area contributed by atoms with Gasteiger partial charge in [0, 0.05) is 3.57 Å². The number of carbonyl (C=O) groups excluding carboxylic acids is 1. The number of hydrogen-bond donors (Lipinski definition) is 1. The fourth-order valence-corrected chi connectivity index (χ4v) is 2.15. The van der Waals surface area contributed by atoms with Crippen LogP contribution in [-0.2, 0) is 4.79 Å². The molecular weight excluding hydrogens is 379 g/mol. The van der Waals surface area contributed by atoms with Crippen molar-refractivity contribution in [1.29, 1.82) is 0 Å². The smallest absolute Gasteiger partial charge is 0.277 e. The maximum atomic E-state index is 11.6. The Morgan fingerprint density at radius 2 is 2.05 bits per heavy atom. The van der Waals surface area contributed by atoms with Crippen molar-refractivity contribution in [3.8, 4) is 5.75 Å². The number of halogens is 1. The molecule has 21 heavy (non-hydrogen) atoms. The summed E-state index contributed by atoms with van der Waals surface area (Å²) in [6.07, 6.45) is 1.60. The van der Waals surface area contributed by atoms with Crippen molar-refractivity contribution in [3.05, 3.63) is 63.2 Å². The number of nitrogens with one attached hydrogen (secondary N) is 1. The minimum absolute atomic E-state index is 0.0628. The number of benzene rings is 2. The summed E-state index contributed by atoms with van der Waals surface area (Å²) in [4.78, 5) is 11.6. The Hall–Kier alpha value is -1.89. The number of hydrazone groups is 1. The van der Waals surface area contributed by atoms with Crippen LogP contribution in [0.2, 0.25) is 0 Å². The summed E-state index contributed by atoms with van der Waals surface area (Å²) in [7, 11) is 0. The van der Waals surface area contributed by atoms with Crippen molar-refractivity contribution in [3.63, 3.8) is 0 Å². The van der Waals surface area contributed by atoms with Gasteiger partial charge >= 0.3 is 0 Å². The minimum Gasteiger partial charge on any atom is -0.484 e. The van der Waals surface area contributed by atoms with Gasteiger partial charge in [-0.05, 0) is 59.3 Å². The molecule has 2 aromatic carbocycles. The minimum atomic E-state index is -0.294. The molecule has 0 atom stereocenters. The van der Waals surface area contributed by atoms with Gasteiger partial charge in [-0.1, -0.05) is 29.8 Å². The molecule has 0 saturated heterocycles. The molecule has 0 aliphatic rings. The Kier molecular flexibility index (Phi) is 5.74. The van der Waals surface area contributed by atoms with Crippen LogP contribution in [0.25, 0.3) is 0 Å². The maximum Gasteiger partial charge on any atom is 0.277 e. The zero-order valence-corrected chi connectivity index (χ0v) is 13.7. The lowest BCUT2D eigenvalue weighted by Crippen LogP contribution is -2.24. The van der Waals surface area contributed by atoms with Crippen LogP contribution in [-0.4, -0.2) is 18.7 Å². The summed E-state index contributed by atoms with van der Waals surface area (Å²) >= 11 is 2.22. The molecule has 108 valence electrons. The summed E-state index contributed by atoms with van der Waals surface area (Å²) in [6.45, 7) is 1.93. The van der Waals surface area contributed by atoms with Gasteiger partial charge in [0.15, 0.2) is 6.61 Å². The van der Waals surface area contributed by atoms with E-state index in [9.17, 15) is 4.79 Å². The summed E-state index contributed by atoms with van der Waals surface area (Å²) in [6, 6.07) is 15.3. The lowest BCUT2D eigenvalue weighted by molar-refractivity contribution is -0.123. The van der Waals surface area contributed by atoms with Crippen molar-refractivity contribution in [1.82, 2.24) is 5.43 Å². The number of carbonyl (C=O) groups is 1. The van der Waals surface area contributed by atoms with E-state index >= 15 is 0 Å². The fraction of sp³-hybridized carbons (Fsp3) is 0.125. The molecule has 0 radical (unpaired) electrons. The second kappa shape index (κ2) is 7.78. The average Bonchev–Trinajstić information content (AvgIpc) is 2.47. The van der Waals surface area contributed by atoms with Crippen molar-refractivity contribution < 1.29 is 9.53 Å². The lowest BCUT2D eigenvalue weighted by atomic mass is 10.2. The maximum absolute atomic E-state index is 11.6. The van der Waals surface area contributed by atoms with E-state index in [4.69, 9.17) is 4.74 Å². The van der Waals surface area contributed by atoms with Gasteiger partial charge < -0.3 is 4.74 Å². The number of hydrogen-bond acceptors (Lipinski definition) is 3. The molecule has 0 fully saturated rings. The molecule has 0 saturated carbocycles. The highest BCUT2D eigenvalue weighted by atomic mass is 127. The Bertz CT molecular complexity index is 639. The third kappa shape index (κ3) is 5.55. The van der Waals surface area contributed by atoms with Gasteiger partial charge in [0.25, 0.3) is 5.91 Å². The molecule has 2 aromatic rings. The van der Waals surface area contributed by atoms with E-state index in [0.717, 1.165) is 14.7 Å². The Morgan fingerprint density at radius 3 is 2.76 bits per heavy atom. The molecule has 1 N–H and O–H groups in total. The fourth-order valence-electron chi connectivity index (χ4n) is 1.58. The van der Waals surface area contributed by atoms with E-state index in [-0.39, 0.29) is 12.5 Å². The number of rotatable bonds is 5. The number of ether oxygens (including phenoxy) is 1. The van der Waals surface area contributed by atoms with Crippen LogP contribution < -0.4 is 10.2 Å². The summed E-state index contributed by atoms with van der Waals surface area (Å²) < 4.78 is 6.47. The van der Waals surface area contributed by atoms with Gasteiger partial charge in [0.05, 0.1) is 6.21 Å². The van der Waals surface area contributed by atoms with Crippen LogP contribution in [0.4, 0.5) is 0 Å². The van der Waals surface area contributed by atoms with E-state index in [1.807, 2.05) is 55.5 Å². The normalized spacial score (nSPS) is 10.6. The van der Waals surface area contributed by atoms with Gasteiger partial charge in [-0.2, -0.15) is 5.10 Å². The van der Waals surface area contributed by atoms with Crippen LogP contribution in [0, 0.1) is 10.5 Å². The van der Waals surface area contributed by atoms with Gasteiger partial charge in [0.1, 0.15) is 5.75 Å². The van der Waals surface area contributed by atoms with E-state index in [1.165, 1.54) is 0 Å². The predicted molar refractivity (Wildman–Crippen MR) is 91.6 cm³/mol. The third-order valence-corrected chi connectivity index (χ3v) is 3.31. The van der Waals surface area contributed by atoms with Crippen LogP contribution in [0.5, 0.6) is 5.75 Å². The molecule has 1 amide bonds. The van der Waals surface area contributed by atoms with Crippen molar-refractivity contribution >= 4 is 34.7 Å². The Labute approximate surface area is 137 Å². The lowest BCUT2D eigenvalue weighted by Gasteiger charge is -2.05. The summed E-state index contributed by atoms with van der Waals surface area (Å²) in [5.41, 5.74) is 4.51. The quantitative estimate of drug-likeness (QED) is 0.481. The van der Waals surface area contributed by atoms with E-state index in [2.05, 4.69) is 33.1 Å². The van der Waals surface area contributed by atoms with Crippen LogP contribution in [0.15, 0.2) is 53.6 Å². The first-order valence-corrected chi connectivity index (χ1v) is 7.48. The van der Waals surface area contributed by atoms with Crippen LogP contribution >= 0.6 is 22.6 Å². The van der Waals surface area contributed by atoms with Crippen LogP contribution in [0.3, 0.4) is 0 Å². The SMILES string of the molecule is Cc1ccc(OCC(=O)N/N=C\c2cccc(I)c2)cc1. The topological polar surface area (TPSA) is 50.7 Å². The summed E-state index contributed by atoms with van der Waals surface area (Å²) in [5.74, 6) is 0.370. The van der Waals surface area contributed by atoms with Crippen LogP contribution in [0.1, 0.15) is 11.1 Å². The predicted octanol–water partition coefficient (Wildman–Crippen LogP) is 3.13. The molecule has 4 nitrogen and oxygen atoms in total. The first-order valence-electron chi connectivity index (χ1n) is 6.40. The highest BCUT2D eigenvalue weighted by Crippen LogP contribution is 2.10. The standard InChI is InChI=1S/C16H15IN2O2/c1-12-5-7-15(8-6-12)21-11-16(20)19-18-10-13-3-2-4-14(17)9-13/h2-10H,11H2,1H3,(H,19,20)/b18-10-. The molecule has 0 unspecified atom stereocenters. The van der Waals surface area contributed by atoms with Crippen molar-refractivity contribution in [2.45, 2.75) is 6.92 Å². The highest BCUT2D eigenvalue weighted by molar-refractivity contribution is 14.1. The average molecular weight is 394 g/mol. The zero-order chi connectivity index (χ0) is 15.1. The molecular formula is C16H15IN2O2. The zero-order valence-electron chi connectivity index (χ0n) is 11.5. The van der Waals surface area contributed by atoms with E-state index in [1.54, 1.807) is 6.21 Å². The van der Waals surface area contributed by atoms with Gasteiger partial charge in [-0.15, -0.1) is 0 Å². The van der Waals surface area contributed by atoms with Crippen molar-refractivity contribution in [2.24, 2.45) is 5.10 Å². The van der Waals surface area contributed by atoms with E-state index < -0.39 is 0 Å². The Morgan fingerprint density at radius 1 is 1.29 bits per heavy atom. The second-order valence-corrected chi connectivity index (χ2v) is 5.70. The first kappa shape index (κ1) is 15.5. The molecule has 2 rings (SSSR count). The van der Waals surface area contributed by atoms with Crippen molar-refractivity contribution in [2.75, 3.05) is 6.61 Å². The molecule has 0 aliphatic carbocycles.